The quantitative estimate of drug-likeness (QED) is 0.0687. The van der Waals surface area contributed by atoms with Gasteiger partial charge in [-0.3, -0.25) is 24.5 Å². The summed E-state index contributed by atoms with van der Waals surface area (Å²) >= 11 is 0. The highest BCUT2D eigenvalue weighted by Gasteiger charge is 2.48. The Morgan fingerprint density at radius 3 is 2.19 bits per heavy atom. The number of allylic oxidation sites excluding steroid dienone is 5. The van der Waals surface area contributed by atoms with Crippen molar-refractivity contribution in [2.45, 2.75) is 147 Å². The van der Waals surface area contributed by atoms with Gasteiger partial charge < -0.3 is 58.1 Å². The molecule has 19 nitrogen and oxygen atoms in total. The highest BCUT2D eigenvalue weighted by atomic mass is 16.7. The van der Waals surface area contributed by atoms with Gasteiger partial charge in [0.15, 0.2) is 18.4 Å². The normalized spacial score (nSPS) is 36.7. The Labute approximate surface area is 404 Å². The number of esters is 2. The minimum atomic E-state index is -1.39. The summed E-state index contributed by atoms with van der Waals surface area (Å²) in [5.41, 5.74) is 0.965. The molecule has 3 aliphatic rings. The number of carbonyl (C=O) groups is 4. The zero-order valence-electron chi connectivity index (χ0n) is 41.2. The van der Waals surface area contributed by atoms with Crippen LogP contribution in [0.2, 0.25) is 0 Å². The van der Waals surface area contributed by atoms with Crippen LogP contribution in [0.3, 0.4) is 0 Å². The van der Waals surface area contributed by atoms with Crippen LogP contribution >= 0.6 is 0 Å². The average Bonchev–Trinajstić information content (AvgIpc) is 3.31. The molecule has 0 saturated carbocycles. The van der Waals surface area contributed by atoms with Crippen LogP contribution in [-0.4, -0.2) is 164 Å². The monoisotopic (exact) mass is 972 g/mol. The number of methoxy groups -OCH3 is 2. The molecule has 2 fully saturated rings. The van der Waals surface area contributed by atoms with Gasteiger partial charge in [0.05, 0.1) is 48.4 Å². The largest absolute Gasteiger partial charge is 0.462 e. The number of ether oxygens (including phenoxy) is 8. The van der Waals surface area contributed by atoms with Gasteiger partial charge in [0, 0.05) is 50.2 Å². The number of hydrogen-bond donors (Lipinski definition) is 3. The highest BCUT2D eigenvalue weighted by Crippen LogP contribution is 2.36. The molecule has 0 amide bonds. The van der Waals surface area contributed by atoms with Gasteiger partial charge in [-0.15, -0.1) is 0 Å². The van der Waals surface area contributed by atoms with Gasteiger partial charge in [-0.2, -0.15) is 0 Å². The summed E-state index contributed by atoms with van der Waals surface area (Å²) in [6, 6.07) is 4.66. The lowest BCUT2D eigenvalue weighted by Gasteiger charge is -2.46. The maximum atomic E-state index is 14.4. The number of aliphatic hydroxyl groups excluding tert-OH is 3. The Balaban J connectivity index is 1.81. The molecule has 3 aliphatic heterocycles. The molecule has 1 aromatic rings. The first kappa shape index (κ1) is 57.0. The fraction of sp³-hybridized carbons (Fsp3) is 0.640. The van der Waals surface area contributed by atoms with Crippen molar-refractivity contribution in [3.8, 4) is 0 Å². The SMILES string of the molecule is CC[C@H]1OC(=O)C[C@@H](OC(=O)/C=C/c2ccc([N+](=O)[O-])cc2)[C@H](C)[C@@H](O[C@H]2O[C@@H](C)[C@H](O)[C@@H](N(C)C)[C@@H]2O)[C@@H](C/C=C/C=O)C[C@@H](C)C(=O)/C=C/C(C)=C/[C@@H]1CO[C@@H]1O[C@H](C)[C@@H](O)[C@@H](OC)[C@H]1OC. The van der Waals surface area contributed by atoms with Gasteiger partial charge in [0.2, 0.25) is 0 Å². The Bertz CT molecular complexity index is 1970. The standard InChI is InChI=1S/C50H72N2O17/c1-11-38-35(27-64-50-48(63-10)47(62-9)44(58)32(6)66-50)24-28(2)15-21-37(54)29(3)25-34(14-12-13-23-53)46(69-49-45(59)42(51(7)8)43(57)31(5)65-49)30(4)39(26-41(56)67-38)68-40(55)22-18-33-16-19-36(20-17-33)52(60)61/h12-13,15-24,29-32,34-35,38-39,42-50,57-59H,11,14,25-27H2,1-10H3/b13-12+,21-15+,22-18+,28-24+/t29-,30+,31+,32-,34+,35-,38-,39-,42-,43+,44-,45+,46-,47-,48-,49-,50-/m1/s1. The Hall–Kier alpha value is -4.54. The average molecular weight is 973 g/mol. The molecule has 0 radical (unpaired) electrons. The number of aldehydes is 1. The van der Waals surface area contributed by atoms with E-state index in [1.807, 2.05) is 13.0 Å². The first-order valence-electron chi connectivity index (χ1n) is 23.4. The number of benzene rings is 1. The lowest BCUT2D eigenvalue weighted by Crippen LogP contribution is -2.63. The second kappa shape index (κ2) is 27.2. The highest BCUT2D eigenvalue weighted by molar-refractivity contribution is 5.91. The van der Waals surface area contributed by atoms with Gasteiger partial charge >= 0.3 is 11.9 Å². The van der Waals surface area contributed by atoms with E-state index in [1.165, 1.54) is 56.7 Å². The topological polar surface area (TPSA) is 249 Å². The van der Waals surface area contributed by atoms with Crippen molar-refractivity contribution in [1.29, 1.82) is 0 Å². The minimum absolute atomic E-state index is 0.0655. The number of non-ortho nitro benzene ring substituents is 1. The van der Waals surface area contributed by atoms with Crippen molar-refractivity contribution in [2.75, 3.05) is 34.9 Å². The molecular formula is C50H72N2O17. The molecule has 3 heterocycles. The van der Waals surface area contributed by atoms with E-state index in [4.69, 9.17) is 37.9 Å². The van der Waals surface area contributed by atoms with E-state index in [9.17, 15) is 44.6 Å². The van der Waals surface area contributed by atoms with Crippen LogP contribution in [0.4, 0.5) is 5.69 Å². The number of ketones is 1. The Morgan fingerprint density at radius 2 is 1.58 bits per heavy atom. The lowest BCUT2D eigenvalue weighted by molar-refractivity contribution is -0.384. The second-order valence-corrected chi connectivity index (χ2v) is 18.3. The molecule has 3 N–H and O–H groups in total. The van der Waals surface area contributed by atoms with Gasteiger partial charge in [-0.25, -0.2) is 4.79 Å². The summed E-state index contributed by atoms with van der Waals surface area (Å²) in [7, 11) is 6.28. The number of hydrogen-bond acceptors (Lipinski definition) is 18. The molecule has 4 rings (SSSR count). The van der Waals surface area contributed by atoms with Crippen LogP contribution in [-0.2, 0) is 57.1 Å². The molecule has 1 aromatic carbocycles. The van der Waals surface area contributed by atoms with E-state index < -0.39 is 127 Å². The van der Waals surface area contributed by atoms with Crippen molar-refractivity contribution in [3.63, 3.8) is 0 Å². The molecular weight excluding hydrogens is 901 g/mol. The van der Waals surface area contributed by atoms with Crippen LogP contribution in [0.25, 0.3) is 6.08 Å². The Morgan fingerprint density at radius 1 is 0.928 bits per heavy atom. The molecule has 19 heteroatoms. The number of carbonyl (C=O) groups excluding carboxylic acids is 4. The van der Waals surface area contributed by atoms with Crippen LogP contribution in [0.5, 0.6) is 0 Å². The van der Waals surface area contributed by atoms with Crippen molar-refractivity contribution >= 4 is 35.8 Å². The minimum Gasteiger partial charge on any atom is -0.462 e. The van der Waals surface area contributed by atoms with E-state index in [2.05, 4.69) is 0 Å². The lowest BCUT2D eigenvalue weighted by atomic mass is 9.79. The number of nitro groups is 1. The first-order valence-corrected chi connectivity index (χ1v) is 23.4. The molecule has 0 unspecified atom stereocenters. The molecule has 0 spiro atoms. The number of nitrogens with zero attached hydrogens (tertiary/aromatic N) is 2. The maximum Gasteiger partial charge on any atom is 0.331 e. The summed E-state index contributed by atoms with van der Waals surface area (Å²) in [4.78, 5) is 66.1. The molecule has 0 aromatic heterocycles. The van der Waals surface area contributed by atoms with Crippen LogP contribution in [0, 0.1) is 33.8 Å². The molecule has 2 saturated heterocycles. The number of nitro benzene ring substituents is 1. The summed E-state index contributed by atoms with van der Waals surface area (Å²) in [6.45, 7) is 10.3. The third-order valence-electron chi connectivity index (χ3n) is 13.1. The molecule has 384 valence electrons. The smallest absolute Gasteiger partial charge is 0.331 e. The third-order valence-corrected chi connectivity index (χ3v) is 13.1. The van der Waals surface area contributed by atoms with Crippen molar-refractivity contribution in [3.05, 3.63) is 82.0 Å². The van der Waals surface area contributed by atoms with Crippen LogP contribution in [0.1, 0.15) is 72.8 Å². The predicted molar refractivity (Wildman–Crippen MR) is 251 cm³/mol. The van der Waals surface area contributed by atoms with Gasteiger partial charge in [0.25, 0.3) is 5.69 Å². The summed E-state index contributed by atoms with van der Waals surface area (Å²) in [5, 5.41) is 44.7. The van der Waals surface area contributed by atoms with Gasteiger partial charge in [-0.05, 0) is 96.0 Å². The van der Waals surface area contributed by atoms with Crippen molar-refractivity contribution in [1.82, 2.24) is 4.90 Å². The number of aliphatic hydroxyl groups is 3. The first-order chi connectivity index (χ1) is 32.7. The van der Waals surface area contributed by atoms with E-state index in [0.29, 0.717) is 23.8 Å². The fourth-order valence-electron chi connectivity index (χ4n) is 9.14. The zero-order chi connectivity index (χ0) is 51.1. The van der Waals surface area contributed by atoms with E-state index in [0.717, 1.165) is 6.08 Å². The zero-order valence-corrected chi connectivity index (χ0v) is 41.2. The van der Waals surface area contributed by atoms with Gasteiger partial charge in [0.1, 0.15) is 42.9 Å². The third kappa shape index (κ3) is 15.7. The van der Waals surface area contributed by atoms with E-state index >= 15 is 0 Å². The number of rotatable bonds is 16. The summed E-state index contributed by atoms with van der Waals surface area (Å²) < 4.78 is 48.7. The maximum absolute atomic E-state index is 14.4. The fourth-order valence-corrected chi connectivity index (χ4v) is 9.14. The molecule has 0 aliphatic carbocycles. The van der Waals surface area contributed by atoms with E-state index in [1.54, 1.807) is 65.8 Å². The van der Waals surface area contributed by atoms with Gasteiger partial charge in [-0.1, -0.05) is 44.6 Å². The van der Waals surface area contributed by atoms with Crippen LogP contribution in [0.15, 0.2) is 66.3 Å². The molecule has 69 heavy (non-hydrogen) atoms. The number of cyclic esters (lactones) is 1. The van der Waals surface area contributed by atoms with Crippen molar-refractivity contribution < 1.29 is 77.3 Å². The number of likely N-dealkylation sites (N-methyl/N-ethyl adjacent to an activating group) is 1. The summed E-state index contributed by atoms with van der Waals surface area (Å²) in [5.74, 6) is -4.65. The second-order valence-electron chi connectivity index (χ2n) is 18.3. The van der Waals surface area contributed by atoms with Crippen LogP contribution < -0.4 is 0 Å². The van der Waals surface area contributed by atoms with E-state index in [-0.39, 0.29) is 30.9 Å². The predicted octanol–water partition coefficient (Wildman–Crippen LogP) is 4.29. The molecule has 0 bridgehead atoms. The Kier molecular flexibility index (Phi) is 22.5. The summed E-state index contributed by atoms with van der Waals surface area (Å²) in [6.07, 6.45) is -0.919. The molecule has 17 atom stereocenters. The van der Waals surface area contributed by atoms with Crippen molar-refractivity contribution in [2.24, 2.45) is 23.7 Å².